The molecule has 1 unspecified atom stereocenters. The Hall–Kier alpha value is -2.91. The van der Waals surface area contributed by atoms with Gasteiger partial charge in [0.2, 0.25) is 5.91 Å². The van der Waals surface area contributed by atoms with Gasteiger partial charge in [-0.15, -0.1) is 22.7 Å². The highest BCUT2D eigenvalue weighted by Gasteiger charge is 2.39. The van der Waals surface area contributed by atoms with Gasteiger partial charge in [-0.3, -0.25) is 14.3 Å². The van der Waals surface area contributed by atoms with Crippen LogP contribution in [0.2, 0.25) is 0 Å². The fraction of sp³-hybridized carbons (Fsp3) is 0.273. The molecule has 7 nitrogen and oxygen atoms in total. The number of aromatic nitrogens is 3. The van der Waals surface area contributed by atoms with E-state index in [0.29, 0.717) is 10.4 Å². The van der Waals surface area contributed by atoms with Crippen molar-refractivity contribution in [2.75, 3.05) is 5.32 Å². The number of pyridine rings is 1. The van der Waals surface area contributed by atoms with Gasteiger partial charge in [-0.25, -0.2) is 13.8 Å². The van der Waals surface area contributed by atoms with Crippen LogP contribution in [0.3, 0.4) is 0 Å². The number of amides is 2. The summed E-state index contributed by atoms with van der Waals surface area (Å²) in [4.78, 5) is 30.8. The van der Waals surface area contributed by atoms with E-state index in [9.17, 15) is 31.5 Å². The van der Waals surface area contributed by atoms with Gasteiger partial charge in [0, 0.05) is 20.7 Å². The quantitative estimate of drug-likeness (QED) is 0.230. The van der Waals surface area contributed by atoms with Gasteiger partial charge in [0.1, 0.15) is 21.4 Å². The smallest absolute Gasteiger partial charge is 0.365 e. The molecule has 0 fully saturated rings. The molecule has 37 heavy (non-hydrogen) atoms. The van der Waals surface area contributed by atoms with Crippen LogP contribution in [0, 0.1) is 13.8 Å². The number of hydrogen-bond donors (Lipinski definition) is 2. The molecule has 4 aromatic heterocycles. The van der Waals surface area contributed by atoms with Crippen LogP contribution in [-0.2, 0) is 11.0 Å². The largest absolute Gasteiger partial charge is 0.436 e. The topological polar surface area (TPSA) is 103 Å². The highest BCUT2D eigenvalue weighted by molar-refractivity contribution is 9.10. The molecule has 0 spiro atoms. The third kappa shape index (κ3) is 4.99. The molecular formula is C22H17BrF5N5O2S2. The average molecular weight is 622 g/mol. The van der Waals surface area contributed by atoms with Crippen molar-refractivity contribution in [3.05, 3.63) is 49.5 Å². The summed E-state index contributed by atoms with van der Waals surface area (Å²) in [6.45, 7) is 4.52. The summed E-state index contributed by atoms with van der Waals surface area (Å²) in [6, 6.07) is 3.43. The van der Waals surface area contributed by atoms with Gasteiger partial charge in [-0.1, -0.05) is 0 Å². The minimum atomic E-state index is -4.75. The first-order valence-electron chi connectivity index (χ1n) is 10.5. The van der Waals surface area contributed by atoms with Gasteiger partial charge < -0.3 is 11.1 Å². The van der Waals surface area contributed by atoms with Crippen molar-refractivity contribution < 1.29 is 31.5 Å². The summed E-state index contributed by atoms with van der Waals surface area (Å²) in [5, 5.41) is 6.34. The summed E-state index contributed by atoms with van der Waals surface area (Å²) in [7, 11) is 0. The van der Waals surface area contributed by atoms with E-state index in [1.54, 1.807) is 12.1 Å². The van der Waals surface area contributed by atoms with Crippen LogP contribution in [-0.4, -0.2) is 26.6 Å². The van der Waals surface area contributed by atoms with Crippen molar-refractivity contribution in [3.63, 3.8) is 0 Å². The minimum Gasteiger partial charge on any atom is -0.365 e. The molecule has 0 bridgehead atoms. The first kappa shape index (κ1) is 27.1. The van der Waals surface area contributed by atoms with E-state index in [0.717, 1.165) is 20.9 Å². The zero-order chi connectivity index (χ0) is 27.4. The van der Waals surface area contributed by atoms with Crippen LogP contribution in [0.15, 0.2) is 22.7 Å². The number of nitrogens with one attached hydrogen (secondary N) is 1. The number of halogens is 6. The minimum absolute atomic E-state index is 0.0491. The van der Waals surface area contributed by atoms with Crippen molar-refractivity contribution >= 4 is 66.3 Å². The zero-order valence-corrected chi connectivity index (χ0v) is 22.4. The summed E-state index contributed by atoms with van der Waals surface area (Å²) >= 11 is 4.92. The Bertz CT molecular complexity index is 1540. The first-order chi connectivity index (χ1) is 17.2. The van der Waals surface area contributed by atoms with E-state index in [2.05, 4.69) is 31.3 Å². The zero-order valence-electron chi connectivity index (χ0n) is 19.2. The highest BCUT2D eigenvalue weighted by atomic mass is 79.9. The second-order valence-corrected chi connectivity index (χ2v) is 11.1. The Balaban J connectivity index is 1.86. The van der Waals surface area contributed by atoms with E-state index in [-0.39, 0.29) is 30.9 Å². The molecule has 4 aromatic rings. The number of nitrogens with two attached hydrogens (primary N) is 1. The lowest BCUT2D eigenvalue weighted by molar-refractivity contribution is -0.142. The highest BCUT2D eigenvalue weighted by Crippen LogP contribution is 2.44. The van der Waals surface area contributed by atoms with E-state index >= 15 is 0 Å². The summed E-state index contributed by atoms with van der Waals surface area (Å²) in [5.41, 5.74) is 4.12. The van der Waals surface area contributed by atoms with Crippen molar-refractivity contribution in [1.29, 1.82) is 0 Å². The van der Waals surface area contributed by atoms with Gasteiger partial charge in [0.05, 0.1) is 15.9 Å². The molecule has 0 aliphatic heterocycles. The lowest BCUT2D eigenvalue weighted by Crippen LogP contribution is -2.26. The maximum atomic E-state index is 13.6. The second kappa shape index (κ2) is 9.76. The number of hydrogen-bond acceptors (Lipinski definition) is 6. The number of anilines is 1. The summed E-state index contributed by atoms with van der Waals surface area (Å²) < 4.78 is 67.7. The van der Waals surface area contributed by atoms with E-state index in [4.69, 9.17) is 5.73 Å². The molecule has 196 valence electrons. The van der Waals surface area contributed by atoms with Crippen LogP contribution in [0.1, 0.15) is 51.0 Å². The van der Waals surface area contributed by atoms with Gasteiger partial charge in [0.15, 0.2) is 5.69 Å². The van der Waals surface area contributed by atoms with Gasteiger partial charge in [-0.2, -0.15) is 18.3 Å². The van der Waals surface area contributed by atoms with E-state index < -0.39 is 41.8 Å². The van der Waals surface area contributed by atoms with Gasteiger partial charge in [0.25, 0.3) is 12.3 Å². The predicted octanol–water partition coefficient (Wildman–Crippen LogP) is 6.86. The molecule has 3 N–H and O–H groups in total. The van der Waals surface area contributed by atoms with Crippen molar-refractivity contribution in [2.24, 2.45) is 5.73 Å². The first-order valence-corrected chi connectivity index (χ1v) is 12.9. The van der Waals surface area contributed by atoms with Crippen LogP contribution < -0.4 is 11.1 Å². The van der Waals surface area contributed by atoms with Crippen LogP contribution in [0.5, 0.6) is 0 Å². The molecule has 0 aromatic carbocycles. The average Bonchev–Trinajstić information content (AvgIpc) is 3.48. The third-order valence-corrected chi connectivity index (χ3v) is 8.56. The lowest BCUT2D eigenvalue weighted by Gasteiger charge is -2.16. The van der Waals surface area contributed by atoms with Crippen molar-refractivity contribution in [1.82, 2.24) is 14.8 Å². The SMILES string of the molecule is Cc1ccc(-c2cc(C(F)F)nc3sc(C(N)=O)c(NC(=O)C(C)n4nc(C(F)(F)F)c(Br)c4C)c23)s1. The maximum absolute atomic E-state index is 13.6. The molecule has 2 amide bonds. The number of fused-ring (bicyclic) bond motifs is 1. The number of primary amides is 1. The molecule has 15 heteroatoms. The molecular weight excluding hydrogens is 605 g/mol. The van der Waals surface area contributed by atoms with Crippen LogP contribution in [0.4, 0.5) is 27.6 Å². The standard InChI is InChI=1S/C22H17BrF5N5O2S2/c1-7-4-5-12(36-7)10-6-11(18(24)25)30-21-13(10)15(16(37-21)19(29)34)31-20(35)9(3)33-8(2)14(23)17(32-33)22(26,27)28/h4-6,9,18H,1-3H3,(H2,29,34)(H,31,35). The molecule has 1 atom stereocenters. The number of rotatable bonds is 6. The Morgan fingerprint density at radius 1 is 1.19 bits per heavy atom. The maximum Gasteiger partial charge on any atom is 0.436 e. The fourth-order valence-electron chi connectivity index (χ4n) is 3.69. The number of carbonyl (C=O) groups excluding carboxylic acids is 2. The number of carbonyl (C=O) groups is 2. The molecule has 4 rings (SSSR count). The van der Waals surface area contributed by atoms with Gasteiger partial charge >= 0.3 is 6.18 Å². The van der Waals surface area contributed by atoms with E-state index in [1.165, 1.54) is 31.3 Å². The third-order valence-electron chi connectivity index (χ3n) is 5.48. The van der Waals surface area contributed by atoms with Crippen molar-refractivity contribution in [2.45, 2.75) is 39.4 Å². The normalized spacial score (nSPS) is 12.9. The molecule has 0 aliphatic carbocycles. The molecule has 0 saturated heterocycles. The van der Waals surface area contributed by atoms with Crippen LogP contribution in [0.25, 0.3) is 20.7 Å². The summed E-state index contributed by atoms with van der Waals surface area (Å²) in [6.07, 6.45) is -7.65. The molecule has 0 aliphatic rings. The Morgan fingerprint density at radius 3 is 2.38 bits per heavy atom. The number of thiophene rings is 2. The number of alkyl halides is 5. The monoisotopic (exact) mass is 621 g/mol. The van der Waals surface area contributed by atoms with Crippen molar-refractivity contribution in [3.8, 4) is 10.4 Å². The molecule has 0 saturated carbocycles. The Kier molecular flexibility index (Phi) is 7.16. The Morgan fingerprint density at radius 2 is 1.86 bits per heavy atom. The molecule has 4 heterocycles. The Labute approximate surface area is 222 Å². The number of aryl methyl sites for hydroxylation is 1. The summed E-state index contributed by atoms with van der Waals surface area (Å²) in [5.74, 6) is -1.74. The predicted molar refractivity (Wildman–Crippen MR) is 134 cm³/mol. The van der Waals surface area contributed by atoms with E-state index in [1.807, 2.05) is 6.92 Å². The number of nitrogens with zero attached hydrogens (tertiary/aromatic N) is 3. The lowest BCUT2D eigenvalue weighted by atomic mass is 10.1. The fourth-order valence-corrected chi connectivity index (χ4v) is 6.08. The van der Waals surface area contributed by atoms with Crippen LogP contribution >= 0.6 is 38.6 Å². The molecule has 0 radical (unpaired) electrons. The second-order valence-electron chi connectivity index (χ2n) is 8.01. The van der Waals surface area contributed by atoms with Gasteiger partial charge in [-0.05, 0) is 54.9 Å².